The fourth-order valence-corrected chi connectivity index (χ4v) is 3.42. The fourth-order valence-electron chi connectivity index (χ4n) is 3.42. The number of piperidine rings is 1. The number of aromatic nitrogens is 1. The third-order valence-corrected chi connectivity index (χ3v) is 4.12. The first-order valence-electron chi connectivity index (χ1n) is 7.52. The standard InChI is InChI=1S/C16H27N3/c1-3-7-16(8-5-10-18-13-16)14-19(2)12-15-6-4-9-17-11-15/h4,6,9,11,18H,3,5,7-8,10,12-14H2,1-2H3. The summed E-state index contributed by atoms with van der Waals surface area (Å²) in [4.78, 5) is 6.66. The molecule has 1 N–H and O–H groups in total. The van der Waals surface area contributed by atoms with Gasteiger partial charge in [-0.3, -0.25) is 4.98 Å². The van der Waals surface area contributed by atoms with E-state index in [0.717, 1.165) is 6.54 Å². The molecule has 2 heterocycles. The van der Waals surface area contributed by atoms with Gasteiger partial charge in [0.1, 0.15) is 0 Å². The molecule has 0 radical (unpaired) electrons. The van der Waals surface area contributed by atoms with Gasteiger partial charge < -0.3 is 10.2 Å². The highest BCUT2D eigenvalue weighted by Crippen LogP contribution is 2.32. The van der Waals surface area contributed by atoms with Crippen LogP contribution in [-0.2, 0) is 6.54 Å². The van der Waals surface area contributed by atoms with Crippen molar-refractivity contribution in [1.82, 2.24) is 15.2 Å². The van der Waals surface area contributed by atoms with Crippen LogP contribution in [0.25, 0.3) is 0 Å². The normalized spacial score (nSPS) is 23.7. The Bertz CT molecular complexity index is 352. The molecular formula is C16H27N3. The topological polar surface area (TPSA) is 28.2 Å². The molecule has 0 aliphatic carbocycles. The van der Waals surface area contributed by atoms with E-state index < -0.39 is 0 Å². The van der Waals surface area contributed by atoms with Gasteiger partial charge in [0.05, 0.1) is 0 Å². The maximum absolute atomic E-state index is 4.20. The van der Waals surface area contributed by atoms with Gasteiger partial charge in [-0.2, -0.15) is 0 Å². The SMILES string of the molecule is CCCC1(CN(C)Cc2cccnc2)CCCNC1. The lowest BCUT2D eigenvalue weighted by Gasteiger charge is -2.40. The lowest BCUT2D eigenvalue weighted by atomic mass is 9.76. The molecule has 2 rings (SSSR count). The lowest BCUT2D eigenvalue weighted by Crippen LogP contribution is -2.46. The predicted molar refractivity (Wildman–Crippen MR) is 80.0 cm³/mol. The summed E-state index contributed by atoms with van der Waals surface area (Å²) in [6.07, 6.45) is 9.11. The highest BCUT2D eigenvalue weighted by atomic mass is 15.1. The molecule has 19 heavy (non-hydrogen) atoms. The van der Waals surface area contributed by atoms with Crippen LogP contribution in [0.4, 0.5) is 0 Å². The Morgan fingerprint density at radius 1 is 1.47 bits per heavy atom. The number of nitrogens with zero attached hydrogens (tertiary/aromatic N) is 2. The van der Waals surface area contributed by atoms with E-state index in [2.05, 4.69) is 35.2 Å². The van der Waals surface area contributed by atoms with Crippen LogP contribution < -0.4 is 5.32 Å². The highest BCUT2D eigenvalue weighted by Gasteiger charge is 2.32. The zero-order chi connectivity index (χ0) is 13.6. The number of hydrogen-bond acceptors (Lipinski definition) is 3. The highest BCUT2D eigenvalue weighted by molar-refractivity contribution is 5.08. The van der Waals surface area contributed by atoms with E-state index in [1.54, 1.807) is 0 Å². The molecule has 106 valence electrons. The molecular weight excluding hydrogens is 234 g/mol. The summed E-state index contributed by atoms with van der Waals surface area (Å²) in [5, 5.41) is 3.59. The fraction of sp³-hybridized carbons (Fsp3) is 0.688. The van der Waals surface area contributed by atoms with E-state index >= 15 is 0 Å². The van der Waals surface area contributed by atoms with E-state index in [1.807, 2.05) is 18.5 Å². The van der Waals surface area contributed by atoms with Gasteiger partial charge in [0.2, 0.25) is 0 Å². The summed E-state index contributed by atoms with van der Waals surface area (Å²) >= 11 is 0. The number of pyridine rings is 1. The minimum absolute atomic E-state index is 0.476. The largest absolute Gasteiger partial charge is 0.316 e. The third kappa shape index (κ3) is 4.29. The predicted octanol–water partition coefficient (Wildman–Crippen LogP) is 2.68. The van der Waals surface area contributed by atoms with Crippen molar-refractivity contribution in [3.63, 3.8) is 0 Å². The Hall–Kier alpha value is -0.930. The molecule has 0 aromatic carbocycles. The van der Waals surface area contributed by atoms with Crippen LogP contribution >= 0.6 is 0 Å². The van der Waals surface area contributed by atoms with Crippen molar-refractivity contribution < 1.29 is 0 Å². The quantitative estimate of drug-likeness (QED) is 0.853. The monoisotopic (exact) mass is 261 g/mol. The Kier molecular flexibility index (Phi) is 5.34. The minimum atomic E-state index is 0.476. The first kappa shape index (κ1) is 14.5. The number of hydrogen-bond donors (Lipinski definition) is 1. The van der Waals surface area contributed by atoms with Gasteiger partial charge in [0, 0.05) is 32.0 Å². The van der Waals surface area contributed by atoms with E-state index in [9.17, 15) is 0 Å². The van der Waals surface area contributed by atoms with Crippen LogP contribution in [0, 0.1) is 5.41 Å². The molecule has 0 saturated carbocycles. The molecule has 3 nitrogen and oxygen atoms in total. The van der Waals surface area contributed by atoms with Crippen LogP contribution in [0.1, 0.15) is 38.2 Å². The van der Waals surface area contributed by atoms with Crippen LogP contribution in [0.15, 0.2) is 24.5 Å². The van der Waals surface area contributed by atoms with E-state index in [-0.39, 0.29) is 0 Å². The van der Waals surface area contributed by atoms with Crippen LogP contribution in [-0.4, -0.2) is 36.6 Å². The van der Waals surface area contributed by atoms with Gasteiger partial charge in [0.25, 0.3) is 0 Å². The van der Waals surface area contributed by atoms with Gasteiger partial charge in [-0.05, 0) is 49.9 Å². The molecule has 1 aliphatic rings. The Morgan fingerprint density at radius 3 is 3.00 bits per heavy atom. The molecule has 1 unspecified atom stereocenters. The first-order chi connectivity index (χ1) is 9.24. The van der Waals surface area contributed by atoms with Crippen LogP contribution in [0.5, 0.6) is 0 Å². The molecule has 1 fully saturated rings. The number of rotatable bonds is 6. The van der Waals surface area contributed by atoms with Gasteiger partial charge in [-0.15, -0.1) is 0 Å². The van der Waals surface area contributed by atoms with E-state index in [4.69, 9.17) is 0 Å². The van der Waals surface area contributed by atoms with Crippen molar-refractivity contribution in [2.45, 2.75) is 39.2 Å². The van der Waals surface area contributed by atoms with E-state index in [1.165, 1.54) is 50.9 Å². The summed E-state index contributed by atoms with van der Waals surface area (Å²) in [6.45, 7) is 6.86. The Labute approximate surface area is 117 Å². The molecule has 1 aliphatic heterocycles. The summed E-state index contributed by atoms with van der Waals surface area (Å²) in [7, 11) is 2.24. The summed E-state index contributed by atoms with van der Waals surface area (Å²) in [5.41, 5.74) is 1.78. The lowest BCUT2D eigenvalue weighted by molar-refractivity contribution is 0.118. The number of nitrogens with one attached hydrogen (secondary N) is 1. The second-order valence-electron chi connectivity index (χ2n) is 6.06. The van der Waals surface area contributed by atoms with Crippen molar-refractivity contribution in [2.24, 2.45) is 5.41 Å². The van der Waals surface area contributed by atoms with Crippen molar-refractivity contribution in [1.29, 1.82) is 0 Å². The summed E-state index contributed by atoms with van der Waals surface area (Å²) in [5.74, 6) is 0. The average Bonchev–Trinajstić information content (AvgIpc) is 2.40. The first-order valence-corrected chi connectivity index (χ1v) is 7.52. The second kappa shape index (κ2) is 7.01. The molecule has 1 saturated heterocycles. The smallest absolute Gasteiger partial charge is 0.0312 e. The maximum atomic E-state index is 4.20. The van der Waals surface area contributed by atoms with Crippen molar-refractivity contribution in [3.8, 4) is 0 Å². The molecule has 3 heteroatoms. The van der Waals surface area contributed by atoms with Crippen LogP contribution in [0.2, 0.25) is 0 Å². The van der Waals surface area contributed by atoms with Gasteiger partial charge >= 0.3 is 0 Å². The van der Waals surface area contributed by atoms with Gasteiger partial charge in [-0.25, -0.2) is 0 Å². The molecule has 1 aromatic rings. The molecule has 1 atom stereocenters. The molecule has 0 amide bonds. The zero-order valence-corrected chi connectivity index (χ0v) is 12.4. The average molecular weight is 261 g/mol. The molecule has 0 spiro atoms. The van der Waals surface area contributed by atoms with Crippen molar-refractivity contribution in [3.05, 3.63) is 30.1 Å². The maximum Gasteiger partial charge on any atom is 0.0312 e. The summed E-state index contributed by atoms with van der Waals surface area (Å²) in [6, 6.07) is 4.18. The molecule has 0 bridgehead atoms. The second-order valence-corrected chi connectivity index (χ2v) is 6.06. The third-order valence-electron chi connectivity index (χ3n) is 4.12. The van der Waals surface area contributed by atoms with E-state index in [0.29, 0.717) is 5.41 Å². The van der Waals surface area contributed by atoms with Crippen molar-refractivity contribution >= 4 is 0 Å². The Balaban J connectivity index is 1.93. The minimum Gasteiger partial charge on any atom is -0.316 e. The zero-order valence-electron chi connectivity index (χ0n) is 12.4. The van der Waals surface area contributed by atoms with Crippen LogP contribution in [0.3, 0.4) is 0 Å². The molecule has 1 aromatic heterocycles. The Morgan fingerprint density at radius 2 is 2.37 bits per heavy atom. The van der Waals surface area contributed by atoms with Gasteiger partial charge in [0.15, 0.2) is 0 Å². The van der Waals surface area contributed by atoms with Gasteiger partial charge in [-0.1, -0.05) is 19.4 Å². The summed E-state index contributed by atoms with van der Waals surface area (Å²) < 4.78 is 0. The van der Waals surface area contributed by atoms with Crippen molar-refractivity contribution in [2.75, 3.05) is 26.7 Å².